The minimum Gasteiger partial charge on any atom is -0.387 e. The summed E-state index contributed by atoms with van der Waals surface area (Å²) in [4.78, 5) is 2.57. The van der Waals surface area contributed by atoms with E-state index in [0.717, 1.165) is 25.3 Å². The minimum absolute atomic E-state index is 0.306. The van der Waals surface area contributed by atoms with Crippen LogP contribution >= 0.6 is 0 Å². The van der Waals surface area contributed by atoms with Gasteiger partial charge in [0.1, 0.15) is 0 Å². The van der Waals surface area contributed by atoms with Crippen molar-refractivity contribution in [2.75, 3.05) is 13.1 Å². The van der Waals surface area contributed by atoms with Crippen LogP contribution < -0.4 is 0 Å². The number of hydrogen-bond donors (Lipinski definition) is 1. The maximum absolute atomic E-state index is 10.9. The van der Waals surface area contributed by atoms with Crippen LogP contribution in [0, 0.1) is 5.92 Å². The zero-order chi connectivity index (χ0) is 13.9. The Morgan fingerprint density at radius 2 is 2.00 bits per heavy atom. The summed E-state index contributed by atoms with van der Waals surface area (Å²) in [5.74, 6) is 0.896. The molecule has 1 aromatic carbocycles. The van der Waals surface area contributed by atoms with Gasteiger partial charge in [-0.25, -0.2) is 0 Å². The molecule has 0 bridgehead atoms. The van der Waals surface area contributed by atoms with Crippen molar-refractivity contribution in [1.82, 2.24) is 4.90 Å². The normalized spacial score (nSPS) is 26.4. The van der Waals surface area contributed by atoms with Gasteiger partial charge in [0.25, 0.3) is 0 Å². The van der Waals surface area contributed by atoms with E-state index in [1.165, 1.54) is 43.4 Å². The molecule has 1 saturated carbocycles. The van der Waals surface area contributed by atoms with Crippen LogP contribution in [0.5, 0.6) is 0 Å². The number of fused-ring (bicyclic) bond motifs is 1. The summed E-state index contributed by atoms with van der Waals surface area (Å²) in [5.41, 5.74) is 2.53. The molecular formula is C18H27NO. The van der Waals surface area contributed by atoms with Crippen molar-refractivity contribution < 1.29 is 5.11 Å². The second kappa shape index (κ2) is 6.28. The standard InChI is InChI=1S/C18H27NO/c1-2-12-19(13-14-10-11-14)17-9-5-7-15-6-3-4-8-16(15)18(17)20/h3-4,6,8,14,17-18,20H,2,5,7,9-13H2,1H3. The highest BCUT2D eigenvalue weighted by molar-refractivity contribution is 5.31. The number of rotatable bonds is 5. The molecule has 3 rings (SSSR count). The van der Waals surface area contributed by atoms with E-state index in [0.29, 0.717) is 6.04 Å². The van der Waals surface area contributed by atoms with E-state index in [4.69, 9.17) is 0 Å². The topological polar surface area (TPSA) is 23.5 Å². The molecule has 2 heteroatoms. The first-order valence-electron chi connectivity index (χ1n) is 8.29. The minimum atomic E-state index is -0.306. The smallest absolute Gasteiger partial charge is 0.0947 e. The van der Waals surface area contributed by atoms with Crippen LogP contribution in [0.2, 0.25) is 0 Å². The third-order valence-corrected chi connectivity index (χ3v) is 4.85. The first kappa shape index (κ1) is 14.1. The Balaban J connectivity index is 1.80. The van der Waals surface area contributed by atoms with E-state index in [9.17, 15) is 5.11 Å². The van der Waals surface area contributed by atoms with Crippen LogP contribution in [0.15, 0.2) is 24.3 Å². The zero-order valence-corrected chi connectivity index (χ0v) is 12.6. The fraction of sp³-hybridized carbons (Fsp3) is 0.667. The summed E-state index contributed by atoms with van der Waals surface area (Å²) in [6.45, 7) is 4.56. The highest BCUT2D eigenvalue weighted by atomic mass is 16.3. The van der Waals surface area contributed by atoms with E-state index in [1.54, 1.807) is 0 Å². The molecule has 2 aliphatic rings. The molecule has 1 N–H and O–H groups in total. The fourth-order valence-corrected chi connectivity index (χ4v) is 3.61. The average Bonchev–Trinajstić information content (AvgIpc) is 3.27. The van der Waals surface area contributed by atoms with Crippen LogP contribution in [0.25, 0.3) is 0 Å². The molecule has 0 radical (unpaired) electrons. The molecule has 2 unspecified atom stereocenters. The van der Waals surface area contributed by atoms with Crippen molar-refractivity contribution in [3.05, 3.63) is 35.4 Å². The van der Waals surface area contributed by atoms with Crippen LogP contribution in [0.3, 0.4) is 0 Å². The summed E-state index contributed by atoms with van der Waals surface area (Å²) < 4.78 is 0. The molecule has 20 heavy (non-hydrogen) atoms. The molecule has 2 aliphatic carbocycles. The predicted molar refractivity (Wildman–Crippen MR) is 82.7 cm³/mol. The predicted octanol–water partition coefficient (Wildman–Crippen LogP) is 3.55. The van der Waals surface area contributed by atoms with Gasteiger partial charge in [0.15, 0.2) is 0 Å². The summed E-state index contributed by atoms with van der Waals surface area (Å²) >= 11 is 0. The summed E-state index contributed by atoms with van der Waals surface area (Å²) in [7, 11) is 0. The first-order valence-corrected chi connectivity index (χ1v) is 8.29. The number of aliphatic hydroxyl groups excluding tert-OH is 1. The molecular weight excluding hydrogens is 246 g/mol. The van der Waals surface area contributed by atoms with E-state index in [-0.39, 0.29) is 6.10 Å². The molecule has 0 aliphatic heterocycles. The van der Waals surface area contributed by atoms with Crippen molar-refractivity contribution in [2.24, 2.45) is 5.92 Å². The lowest BCUT2D eigenvalue weighted by molar-refractivity contribution is 0.0418. The van der Waals surface area contributed by atoms with Gasteiger partial charge in [0.2, 0.25) is 0 Å². The lowest BCUT2D eigenvalue weighted by Crippen LogP contribution is -2.41. The number of hydrogen-bond acceptors (Lipinski definition) is 2. The maximum Gasteiger partial charge on any atom is 0.0947 e. The van der Waals surface area contributed by atoms with Gasteiger partial charge in [-0.05, 0) is 62.1 Å². The largest absolute Gasteiger partial charge is 0.387 e. The molecule has 1 fully saturated rings. The van der Waals surface area contributed by atoms with Gasteiger partial charge in [0, 0.05) is 12.6 Å². The van der Waals surface area contributed by atoms with E-state index in [1.807, 2.05) is 0 Å². The van der Waals surface area contributed by atoms with Crippen LogP contribution in [-0.2, 0) is 6.42 Å². The van der Waals surface area contributed by atoms with Crippen molar-refractivity contribution in [3.63, 3.8) is 0 Å². The Hall–Kier alpha value is -0.860. The van der Waals surface area contributed by atoms with Crippen molar-refractivity contribution in [3.8, 4) is 0 Å². The van der Waals surface area contributed by atoms with Crippen LogP contribution in [0.4, 0.5) is 0 Å². The van der Waals surface area contributed by atoms with Gasteiger partial charge >= 0.3 is 0 Å². The average molecular weight is 273 g/mol. The molecule has 2 atom stereocenters. The van der Waals surface area contributed by atoms with E-state index >= 15 is 0 Å². The van der Waals surface area contributed by atoms with E-state index < -0.39 is 0 Å². The second-order valence-electron chi connectivity index (χ2n) is 6.54. The summed E-state index contributed by atoms with van der Waals surface area (Å²) in [6.07, 6.45) is 7.09. The third-order valence-electron chi connectivity index (χ3n) is 4.85. The molecule has 0 heterocycles. The highest BCUT2D eigenvalue weighted by Crippen LogP contribution is 2.35. The lowest BCUT2D eigenvalue weighted by atomic mass is 9.97. The van der Waals surface area contributed by atoms with Crippen molar-refractivity contribution in [1.29, 1.82) is 0 Å². The third kappa shape index (κ3) is 3.07. The maximum atomic E-state index is 10.9. The Morgan fingerprint density at radius 1 is 1.20 bits per heavy atom. The van der Waals surface area contributed by atoms with Gasteiger partial charge < -0.3 is 5.11 Å². The Kier molecular flexibility index (Phi) is 4.42. The lowest BCUT2D eigenvalue weighted by Gasteiger charge is -2.34. The highest BCUT2D eigenvalue weighted by Gasteiger charge is 2.33. The van der Waals surface area contributed by atoms with Crippen molar-refractivity contribution in [2.45, 2.75) is 57.6 Å². The second-order valence-corrected chi connectivity index (χ2v) is 6.54. The summed E-state index contributed by atoms with van der Waals surface area (Å²) in [6, 6.07) is 8.79. The fourth-order valence-electron chi connectivity index (χ4n) is 3.61. The van der Waals surface area contributed by atoms with Crippen LogP contribution in [0.1, 0.15) is 56.3 Å². The van der Waals surface area contributed by atoms with Gasteiger partial charge in [-0.3, -0.25) is 4.90 Å². The Bertz CT molecular complexity index is 441. The SMILES string of the molecule is CCCN(CC1CC1)C1CCCc2ccccc2C1O. The van der Waals surface area contributed by atoms with Gasteiger partial charge in [-0.2, -0.15) is 0 Å². The van der Waals surface area contributed by atoms with Crippen LogP contribution in [-0.4, -0.2) is 29.1 Å². The zero-order valence-electron chi connectivity index (χ0n) is 12.6. The molecule has 1 aromatic rings. The Morgan fingerprint density at radius 3 is 2.75 bits per heavy atom. The number of nitrogens with zero attached hydrogens (tertiary/aromatic N) is 1. The number of aliphatic hydroxyl groups is 1. The summed E-state index contributed by atoms with van der Waals surface area (Å²) in [5, 5.41) is 10.9. The monoisotopic (exact) mass is 273 g/mol. The Labute approximate surface area is 122 Å². The number of benzene rings is 1. The first-order chi connectivity index (χ1) is 9.79. The van der Waals surface area contributed by atoms with Gasteiger partial charge in [-0.1, -0.05) is 31.2 Å². The molecule has 0 amide bonds. The van der Waals surface area contributed by atoms with Gasteiger partial charge in [-0.15, -0.1) is 0 Å². The molecule has 0 spiro atoms. The van der Waals surface area contributed by atoms with Gasteiger partial charge in [0.05, 0.1) is 6.10 Å². The van der Waals surface area contributed by atoms with E-state index in [2.05, 4.69) is 36.1 Å². The molecule has 0 aromatic heterocycles. The molecule has 0 saturated heterocycles. The molecule has 110 valence electrons. The molecule has 2 nitrogen and oxygen atoms in total. The van der Waals surface area contributed by atoms with Crippen molar-refractivity contribution >= 4 is 0 Å². The number of aryl methyl sites for hydroxylation is 1. The quantitative estimate of drug-likeness (QED) is 0.829.